The number of rotatable bonds is 21. The average Bonchev–Trinajstić information content (AvgIpc) is 4.03. The summed E-state index contributed by atoms with van der Waals surface area (Å²) in [5.41, 5.74) is -2.91. The summed E-state index contributed by atoms with van der Waals surface area (Å²) in [6, 6.07) is 3.54. The molecule has 0 aliphatic carbocycles. The van der Waals surface area contributed by atoms with E-state index < -0.39 is 126 Å². The fraction of sp³-hybridized carbons (Fsp3) is 0.600. The maximum atomic E-state index is 16.7. The number of phosphoric acid groups is 2. The van der Waals surface area contributed by atoms with Crippen LogP contribution in [-0.4, -0.2) is 124 Å². The third-order valence-electron chi connectivity index (χ3n) is 9.71. The Balaban J connectivity index is 1.30. The van der Waals surface area contributed by atoms with Gasteiger partial charge in [-0.2, -0.15) is 20.5 Å². The fourth-order valence-electron chi connectivity index (χ4n) is 6.36. The van der Waals surface area contributed by atoms with Crippen molar-refractivity contribution >= 4 is 61.7 Å². The highest BCUT2D eigenvalue weighted by atomic mass is 31.2. The minimum Gasteiger partial charge on any atom is -0.394 e. The average molecular weight is 973 g/mol. The second-order valence-corrected chi connectivity index (χ2v) is 18.2. The second kappa shape index (κ2) is 21.0. The molecule has 2 fully saturated rings. The monoisotopic (exact) mass is 972 g/mol. The normalized spacial score (nSPS) is 24.9. The minimum absolute atomic E-state index is 0.0656. The van der Waals surface area contributed by atoms with Crippen LogP contribution in [0.4, 0.5) is 20.7 Å². The van der Waals surface area contributed by atoms with Crippen LogP contribution in [0.25, 0.3) is 22.3 Å². The Kier molecular flexibility index (Phi) is 15.9. The maximum Gasteiger partial charge on any atom is 0.475 e. The molecule has 2 aliphatic heterocycles. The van der Waals surface area contributed by atoms with Crippen LogP contribution in [0.15, 0.2) is 22.2 Å². The van der Waals surface area contributed by atoms with Crippen LogP contribution in [0.2, 0.25) is 0 Å². The van der Waals surface area contributed by atoms with E-state index in [9.17, 15) is 38.3 Å². The molecule has 4 aromatic heterocycles. The van der Waals surface area contributed by atoms with Gasteiger partial charge in [0.15, 0.2) is 47.1 Å². The largest absolute Gasteiger partial charge is 0.475 e. The van der Waals surface area contributed by atoms with Gasteiger partial charge in [-0.3, -0.25) is 71.5 Å². The standard InChI is InChI=1S/C35H44F2N12O15P2/c1-16(2)28(51)44-34-42-26-22(30(53)46-34)40-14-48(26)32-20(36)24(18(12-50)61-32)64-66(57,59-10-6-5-8-38)60-13-19-25(63-65(55,56)58-11-7-9-39)21(37)33(62-19)49-15-41-23-27(49)43-35(47-31(23)54)45-29(52)17(3)4/h14-21,24-25,32-33,50H,5-7,10-13H2,1-4H3,(H,55,56)(H2,42,44,46,51,53)(H2,43,45,47,52,54)/t18?,19?,20-,21-,24-,25-,32?,33?,66?/m1/s1. The molecule has 4 aromatic rings. The number of anilines is 2. The SMILES string of the molecule is CC(C)C(=O)Nc1nc2c(ncn2C2OC(COP(=O)(OCCCC#N)O[C@@H]3C(CO)OC(n4cnc5c(=O)[nH]c(NC(=O)C(C)C)nc54)[C@@H]3F)[C@@H](OP(=O)(O)OCCC#N)[C@H]2F)c(=O)[nH]1. The van der Waals surface area contributed by atoms with Crippen LogP contribution in [0, 0.1) is 34.5 Å². The number of nitrogens with zero attached hydrogens (tertiary/aromatic N) is 8. The van der Waals surface area contributed by atoms with E-state index in [-0.39, 0.29) is 53.5 Å². The van der Waals surface area contributed by atoms with Crippen LogP contribution in [0.3, 0.4) is 0 Å². The molecule has 0 saturated carbocycles. The molecule has 31 heteroatoms. The lowest BCUT2D eigenvalue weighted by Crippen LogP contribution is -2.35. The zero-order valence-corrected chi connectivity index (χ0v) is 37.1. The molecule has 6 heterocycles. The number of aliphatic hydroxyl groups excluding tert-OH is 1. The number of ether oxygens (including phenoxy) is 2. The zero-order chi connectivity index (χ0) is 48.1. The summed E-state index contributed by atoms with van der Waals surface area (Å²) in [5.74, 6) is -2.76. The van der Waals surface area contributed by atoms with Crippen molar-refractivity contribution < 1.29 is 69.6 Å². The fourth-order valence-corrected chi connectivity index (χ4v) is 8.74. The Morgan fingerprint density at radius 2 is 1.32 bits per heavy atom. The van der Waals surface area contributed by atoms with Crippen LogP contribution in [0.5, 0.6) is 0 Å². The molecule has 2 amide bonds. The van der Waals surface area contributed by atoms with Gasteiger partial charge in [0.2, 0.25) is 23.7 Å². The van der Waals surface area contributed by atoms with Gasteiger partial charge in [-0.1, -0.05) is 27.7 Å². The van der Waals surface area contributed by atoms with Crippen LogP contribution >= 0.6 is 15.6 Å². The number of phosphoric ester groups is 2. The van der Waals surface area contributed by atoms with Crippen molar-refractivity contribution in [1.29, 1.82) is 10.5 Å². The smallest absolute Gasteiger partial charge is 0.394 e. The number of fused-ring (bicyclic) bond motifs is 2. The third kappa shape index (κ3) is 11.2. The van der Waals surface area contributed by atoms with E-state index in [1.54, 1.807) is 33.8 Å². The number of nitrogens with one attached hydrogen (secondary N) is 4. The Morgan fingerprint density at radius 3 is 1.80 bits per heavy atom. The van der Waals surface area contributed by atoms with Crippen molar-refractivity contribution in [2.45, 2.75) is 96.2 Å². The molecule has 6 unspecified atom stereocenters. The van der Waals surface area contributed by atoms with E-state index >= 15 is 8.78 Å². The summed E-state index contributed by atoms with van der Waals surface area (Å²) in [6.45, 7) is 3.13. The van der Waals surface area contributed by atoms with Crippen molar-refractivity contribution in [3.8, 4) is 12.1 Å². The third-order valence-corrected chi connectivity index (χ3v) is 12.2. The maximum absolute atomic E-state index is 16.7. The van der Waals surface area contributed by atoms with Crippen molar-refractivity contribution in [3.05, 3.63) is 33.4 Å². The van der Waals surface area contributed by atoms with Gasteiger partial charge in [-0.15, -0.1) is 0 Å². The number of hydrogen-bond acceptors (Lipinski definition) is 20. The van der Waals surface area contributed by atoms with E-state index in [1.165, 1.54) is 0 Å². The summed E-state index contributed by atoms with van der Waals surface area (Å²) in [5, 5.41) is 33.1. The molecule has 10 atom stereocenters. The van der Waals surface area contributed by atoms with Gasteiger partial charge in [0.25, 0.3) is 11.1 Å². The quantitative estimate of drug-likeness (QED) is 0.0514. The summed E-state index contributed by atoms with van der Waals surface area (Å²) in [6.07, 6.45) is -14.8. The van der Waals surface area contributed by atoms with E-state index in [0.29, 0.717) is 0 Å². The number of aromatic nitrogens is 8. The minimum atomic E-state index is -5.22. The summed E-state index contributed by atoms with van der Waals surface area (Å²) in [7, 11) is -10.4. The first-order chi connectivity index (χ1) is 31.3. The second-order valence-electron chi connectivity index (χ2n) is 15.2. The number of aliphatic hydroxyl groups is 1. The number of H-pyrrole nitrogens is 2. The number of carbonyl (C=O) groups is 2. The number of amides is 2. The Bertz CT molecular complexity index is 2720. The lowest BCUT2D eigenvalue weighted by atomic mass is 10.1. The molecule has 27 nitrogen and oxygen atoms in total. The van der Waals surface area contributed by atoms with E-state index in [2.05, 4.69) is 40.5 Å². The number of imidazole rings is 2. The van der Waals surface area contributed by atoms with Gasteiger partial charge >= 0.3 is 15.6 Å². The molecule has 6 rings (SSSR count). The number of alkyl halides is 2. The van der Waals surface area contributed by atoms with Crippen LogP contribution in [0.1, 0.15) is 59.4 Å². The number of carbonyl (C=O) groups excluding carboxylic acids is 2. The molecule has 2 aliphatic rings. The van der Waals surface area contributed by atoms with Crippen molar-refractivity contribution in [2.24, 2.45) is 11.8 Å². The van der Waals surface area contributed by atoms with Gasteiger partial charge in [-0.25, -0.2) is 27.9 Å². The molecule has 0 aromatic carbocycles. The first kappa shape index (κ1) is 50.0. The zero-order valence-electron chi connectivity index (χ0n) is 35.3. The molecule has 0 spiro atoms. The molecule has 358 valence electrons. The summed E-state index contributed by atoms with van der Waals surface area (Å²) in [4.78, 5) is 81.9. The lowest BCUT2D eigenvalue weighted by molar-refractivity contribution is -0.119. The van der Waals surface area contributed by atoms with E-state index in [1.807, 2.05) is 6.07 Å². The van der Waals surface area contributed by atoms with Gasteiger partial charge < -0.3 is 19.5 Å². The highest BCUT2D eigenvalue weighted by molar-refractivity contribution is 7.48. The lowest BCUT2D eigenvalue weighted by Gasteiger charge is -2.26. The number of hydrogen-bond donors (Lipinski definition) is 6. The number of aromatic amines is 2. The summed E-state index contributed by atoms with van der Waals surface area (Å²) < 4.78 is 101. The highest BCUT2D eigenvalue weighted by Gasteiger charge is 2.54. The van der Waals surface area contributed by atoms with Gasteiger partial charge in [0.05, 0.1) is 57.6 Å². The molecule has 0 bridgehead atoms. The van der Waals surface area contributed by atoms with Crippen molar-refractivity contribution in [3.63, 3.8) is 0 Å². The summed E-state index contributed by atoms with van der Waals surface area (Å²) >= 11 is 0. The Morgan fingerprint density at radius 1 is 0.818 bits per heavy atom. The number of halogens is 2. The topological polar surface area (TPSA) is 372 Å². The van der Waals surface area contributed by atoms with Gasteiger partial charge in [-0.05, 0) is 6.42 Å². The van der Waals surface area contributed by atoms with Crippen LogP contribution < -0.4 is 21.8 Å². The molecule has 6 N–H and O–H groups in total. The molecule has 2 saturated heterocycles. The molecular weight excluding hydrogens is 928 g/mol. The van der Waals surface area contributed by atoms with Crippen molar-refractivity contribution in [2.75, 3.05) is 37.1 Å². The first-order valence-corrected chi connectivity index (χ1v) is 23.0. The molecule has 0 radical (unpaired) electrons. The van der Waals surface area contributed by atoms with Crippen molar-refractivity contribution in [1.82, 2.24) is 39.0 Å². The molecular formula is C35H44F2N12O15P2. The first-order valence-electron chi connectivity index (χ1n) is 20.0. The Hall–Kier alpha value is -5.42. The predicted octanol–water partition coefficient (Wildman–Crippen LogP) is 2.15. The number of nitriles is 2. The van der Waals surface area contributed by atoms with Crippen LogP contribution in [-0.2, 0) is 50.8 Å². The van der Waals surface area contributed by atoms with Gasteiger partial charge in [0.1, 0.15) is 24.4 Å². The van der Waals surface area contributed by atoms with E-state index in [0.717, 1.165) is 21.8 Å². The Labute approximate surface area is 370 Å². The number of unbranched alkanes of at least 4 members (excludes halogenated alkanes) is 1. The molecule has 66 heavy (non-hydrogen) atoms. The highest BCUT2D eigenvalue weighted by Crippen LogP contribution is 2.55. The van der Waals surface area contributed by atoms with E-state index in [4.69, 9.17) is 42.6 Å². The predicted molar refractivity (Wildman–Crippen MR) is 218 cm³/mol. The van der Waals surface area contributed by atoms with Gasteiger partial charge in [0, 0.05) is 18.3 Å².